The first-order chi connectivity index (χ1) is 8.61. The van der Waals surface area contributed by atoms with Crippen molar-refractivity contribution in [1.82, 2.24) is 5.32 Å². The summed E-state index contributed by atoms with van der Waals surface area (Å²) in [6.07, 6.45) is 12.0. The number of hydrogen-bond donors (Lipinski definition) is 1. The molecular weight excluding hydrogens is 222 g/mol. The van der Waals surface area contributed by atoms with E-state index in [-0.39, 0.29) is 11.3 Å². The van der Waals surface area contributed by atoms with E-state index in [0.29, 0.717) is 0 Å². The summed E-state index contributed by atoms with van der Waals surface area (Å²) in [5.74, 6) is 0.158. The number of rotatable bonds is 8. The third-order valence-electron chi connectivity index (χ3n) is 3.92. The third kappa shape index (κ3) is 4.83. The molecule has 0 aliphatic carbocycles. The smallest absolute Gasteiger partial charge is 0.246 e. The Hall–Kier alpha value is -0.790. The fourth-order valence-corrected chi connectivity index (χ4v) is 2.89. The van der Waals surface area contributed by atoms with Crippen LogP contribution in [0.3, 0.4) is 0 Å². The predicted molar refractivity (Wildman–Crippen MR) is 77.5 cm³/mol. The summed E-state index contributed by atoms with van der Waals surface area (Å²) in [7, 11) is 0. The minimum Gasteiger partial charge on any atom is -0.352 e. The van der Waals surface area contributed by atoms with Gasteiger partial charge in [-0.25, -0.2) is 0 Å². The Morgan fingerprint density at radius 3 is 2.50 bits per heavy atom. The van der Waals surface area contributed by atoms with Crippen molar-refractivity contribution < 1.29 is 4.79 Å². The molecule has 0 spiro atoms. The predicted octanol–water partition coefficient (Wildman–Crippen LogP) is 4.21. The Morgan fingerprint density at radius 1 is 1.17 bits per heavy atom. The first kappa shape index (κ1) is 15.3. The SMILES string of the molecule is CCCCCCC(C)(/C=C1/CCNC1=O)CCC. The average Bonchev–Trinajstić information content (AvgIpc) is 2.71. The third-order valence-corrected chi connectivity index (χ3v) is 3.92. The van der Waals surface area contributed by atoms with Crippen molar-refractivity contribution in [3.63, 3.8) is 0 Å². The van der Waals surface area contributed by atoms with Crippen LogP contribution in [0.4, 0.5) is 0 Å². The van der Waals surface area contributed by atoms with E-state index in [1.807, 2.05) is 0 Å². The van der Waals surface area contributed by atoms with E-state index >= 15 is 0 Å². The Bertz CT molecular complexity index is 295. The van der Waals surface area contributed by atoms with Crippen LogP contribution in [0, 0.1) is 5.41 Å². The van der Waals surface area contributed by atoms with Crippen molar-refractivity contribution >= 4 is 5.91 Å². The van der Waals surface area contributed by atoms with Gasteiger partial charge in [0.25, 0.3) is 0 Å². The lowest BCUT2D eigenvalue weighted by Gasteiger charge is -2.26. The van der Waals surface area contributed by atoms with E-state index in [4.69, 9.17) is 0 Å². The molecule has 2 heteroatoms. The Morgan fingerprint density at radius 2 is 1.94 bits per heavy atom. The molecule has 0 saturated carbocycles. The molecule has 1 aliphatic heterocycles. The molecule has 1 amide bonds. The second-order valence-corrected chi connectivity index (χ2v) is 5.89. The molecule has 0 radical (unpaired) electrons. The number of carbonyl (C=O) groups is 1. The van der Waals surface area contributed by atoms with Crippen molar-refractivity contribution in [2.75, 3.05) is 6.54 Å². The Balaban J connectivity index is 2.58. The molecule has 0 aromatic carbocycles. The topological polar surface area (TPSA) is 29.1 Å². The summed E-state index contributed by atoms with van der Waals surface area (Å²) >= 11 is 0. The fourth-order valence-electron chi connectivity index (χ4n) is 2.89. The van der Waals surface area contributed by atoms with E-state index in [1.54, 1.807) is 0 Å². The molecule has 0 aromatic heterocycles. The normalized spacial score (nSPS) is 21.1. The van der Waals surface area contributed by atoms with Gasteiger partial charge in [-0.3, -0.25) is 4.79 Å². The average molecular weight is 251 g/mol. The van der Waals surface area contributed by atoms with Gasteiger partial charge < -0.3 is 5.32 Å². The van der Waals surface area contributed by atoms with Gasteiger partial charge in [-0.05, 0) is 24.7 Å². The van der Waals surface area contributed by atoms with Crippen molar-refractivity contribution in [3.05, 3.63) is 11.6 Å². The van der Waals surface area contributed by atoms with Gasteiger partial charge in [0, 0.05) is 12.1 Å². The van der Waals surface area contributed by atoms with E-state index in [0.717, 1.165) is 18.5 Å². The van der Waals surface area contributed by atoms with Gasteiger partial charge >= 0.3 is 0 Å². The van der Waals surface area contributed by atoms with Crippen LogP contribution >= 0.6 is 0 Å². The first-order valence-electron chi connectivity index (χ1n) is 7.61. The summed E-state index contributed by atoms with van der Waals surface area (Å²) in [6, 6.07) is 0. The first-order valence-corrected chi connectivity index (χ1v) is 7.61. The van der Waals surface area contributed by atoms with Gasteiger partial charge in [-0.2, -0.15) is 0 Å². The second kappa shape index (κ2) is 7.60. The zero-order valence-corrected chi connectivity index (χ0v) is 12.3. The highest BCUT2D eigenvalue weighted by Gasteiger charge is 2.25. The molecule has 2 nitrogen and oxygen atoms in total. The Kier molecular flexibility index (Phi) is 6.45. The fraction of sp³-hybridized carbons (Fsp3) is 0.812. The molecule has 1 fully saturated rings. The van der Waals surface area contributed by atoms with Crippen LogP contribution in [0.25, 0.3) is 0 Å². The van der Waals surface area contributed by atoms with Crippen LogP contribution in [0.1, 0.15) is 72.1 Å². The highest BCUT2D eigenvalue weighted by atomic mass is 16.1. The number of hydrogen-bond acceptors (Lipinski definition) is 1. The van der Waals surface area contributed by atoms with Crippen LogP contribution in [-0.4, -0.2) is 12.5 Å². The molecular formula is C16H29NO. The maximum atomic E-state index is 11.7. The van der Waals surface area contributed by atoms with Crippen LogP contribution in [-0.2, 0) is 4.79 Å². The minimum atomic E-state index is 0.158. The van der Waals surface area contributed by atoms with Gasteiger partial charge in [-0.1, -0.05) is 59.0 Å². The summed E-state index contributed by atoms with van der Waals surface area (Å²) < 4.78 is 0. The van der Waals surface area contributed by atoms with Gasteiger partial charge in [0.1, 0.15) is 0 Å². The van der Waals surface area contributed by atoms with Crippen LogP contribution in [0.2, 0.25) is 0 Å². The lowest BCUT2D eigenvalue weighted by Crippen LogP contribution is -2.18. The lowest BCUT2D eigenvalue weighted by molar-refractivity contribution is -0.116. The number of unbranched alkanes of at least 4 members (excludes halogenated alkanes) is 3. The summed E-state index contributed by atoms with van der Waals surface area (Å²) in [6.45, 7) is 7.62. The molecule has 1 N–H and O–H groups in total. The molecule has 1 aliphatic rings. The van der Waals surface area contributed by atoms with E-state index in [1.165, 1.54) is 44.9 Å². The second-order valence-electron chi connectivity index (χ2n) is 5.89. The molecule has 1 saturated heterocycles. The molecule has 1 atom stereocenters. The van der Waals surface area contributed by atoms with Gasteiger partial charge in [0.05, 0.1) is 0 Å². The monoisotopic (exact) mass is 251 g/mol. The molecule has 18 heavy (non-hydrogen) atoms. The zero-order chi connectivity index (χ0) is 13.4. The summed E-state index contributed by atoms with van der Waals surface area (Å²) in [4.78, 5) is 11.7. The summed E-state index contributed by atoms with van der Waals surface area (Å²) in [5.41, 5.74) is 1.24. The molecule has 0 bridgehead atoms. The van der Waals surface area contributed by atoms with Crippen molar-refractivity contribution in [2.45, 2.75) is 72.1 Å². The highest BCUT2D eigenvalue weighted by molar-refractivity contribution is 5.95. The molecule has 1 rings (SSSR count). The number of carbonyl (C=O) groups excluding carboxylic acids is 1. The van der Waals surface area contributed by atoms with Gasteiger partial charge in [-0.15, -0.1) is 0 Å². The van der Waals surface area contributed by atoms with Crippen LogP contribution < -0.4 is 5.32 Å². The number of nitrogens with one attached hydrogen (secondary N) is 1. The lowest BCUT2D eigenvalue weighted by atomic mass is 9.79. The van der Waals surface area contributed by atoms with Crippen LogP contribution in [0.5, 0.6) is 0 Å². The van der Waals surface area contributed by atoms with Gasteiger partial charge in [0.2, 0.25) is 5.91 Å². The number of amides is 1. The molecule has 0 aromatic rings. The molecule has 1 heterocycles. The zero-order valence-electron chi connectivity index (χ0n) is 12.3. The highest BCUT2D eigenvalue weighted by Crippen LogP contribution is 2.34. The maximum absolute atomic E-state index is 11.7. The van der Waals surface area contributed by atoms with E-state index in [2.05, 4.69) is 32.2 Å². The van der Waals surface area contributed by atoms with Crippen molar-refractivity contribution in [3.8, 4) is 0 Å². The largest absolute Gasteiger partial charge is 0.352 e. The van der Waals surface area contributed by atoms with E-state index in [9.17, 15) is 4.79 Å². The quantitative estimate of drug-likeness (QED) is 0.508. The molecule has 1 unspecified atom stereocenters. The standard InChI is InChI=1S/C16H29NO/c1-4-6-7-8-11-16(3,10-5-2)13-14-9-12-17-15(14)18/h13H,4-12H2,1-3H3,(H,17,18)/b14-13-. The molecule has 104 valence electrons. The van der Waals surface area contributed by atoms with E-state index < -0.39 is 0 Å². The number of allylic oxidation sites excluding steroid dienone is 1. The van der Waals surface area contributed by atoms with Crippen LogP contribution in [0.15, 0.2) is 11.6 Å². The van der Waals surface area contributed by atoms with Crippen molar-refractivity contribution in [2.24, 2.45) is 5.41 Å². The van der Waals surface area contributed by atoms with Crippen molar-refractivity contribution in [1.29, 1.82) is 0 Å². The minimum absolute atomic E-state index is 0.158. The maximum Gasteiger partial charge on any atom is 0.246 e. The summed E-state index contributed by atoms with van der Waals surface area (Å²) in [5, 5.41) is 2.90. The Labute approximate surface area is 112 Å². The van der Waals surface area contributed by atoms with Gasteiger partial charge in [0.15, 0.2) is 0 Å².